The predicted molar refractivity (Wildman–Crippen MR) is 81.1 cm³/mol. The van der Waals surface area contributed by atoms with Gasteiger partial charge in [-0.25, -0.2) is 0 Å². The highest BCUT2D eigenvalue weighted by molar-refractivity contribution is 4.71. The lowest BCUT2D eigenvalue weighted by molar-refractivity contribution is 0.178. The standard InChI is InChI=1S/C16H34N2/c1-4-11-17-15(3)8-6-7-12-18-13-9-16(5-2)10-14-18/h15-17H,4-14H2,1-3H3. The fraction of sp³-hybridized carbons (Fsp3) is 1.00. The van der Waals surface area contributed by atoms with E-state index in [2.05, 4.69) is 31.0 Å². The maximum absolute atomic E-state index is 3.57. The van der Waals surface area contributed by atoms with Crippen LogP contribution in [0.2, 0.25) is 0 Å². The summed E-state index contributed by atoms with van der Waals surface area (Å²) in [6.45, 7) is 12.1. The van der Waals surface area contributed by atoms with Gasteiger partial charge in [0.2, 0.25) is 0 Å². The molecule has 18 heavy (non-hydrogen) atoms. The Hall–Kier alpha value is -0.0800. The third-order valence-corrected chi connectivity index (χ3v) is 4.39. The topological polar surface area (TPSA) is 15.3 Å². The van der Waals surface area contributed by atoms with Gasteiger partial charge in [-0.3, -0.25) is 0 Å². The number of nitrogens with zero attached hydrogens (tertiary/aromatic N) is 1. The third kappa shape index (κ3) is 6.75. The van der Waals surface area contributed by atoms with Crippen molar-refractivity contribution in [2.24, 2.45) is 5.92 Å². The number of rotatable bonds is 9. The maximum atomic E-state index is 3.57. The van der Waals surface area contributed by atoms with Gasteiger partial charge >= 0.3 is 0 Å². The molecule has 108 valence electrons. The van der Waals surface area contributed by atoms with Crippen molar-refractivity contribution in [3.05, 3.63) is 0 Å². The van der Waals surface area contributed by atoms with E-state index in [9.17, 15) is 0 Å². The second-order valence-electron chi connectivity index (χ2n) is 6.04. The summed E-state index contributed by atoms with van der Waals surface area (Å²) in [6, 6.07) is 0.704. The van der Waals surface area contributed by atoms with E-state index in [1.807, 2.05) is 0 Å². The van der Waals surface area contributed by atoms with E-state index in [0.717, 1.165) is 5.92 Å². The zero-order valence-electron chi connectivity index (χ0n) is 12.9. The van der Waals surface area contributed by atoms with Crippen LogP contribution in [0.15, 0.2) is 0 Å². The van der Waals surface area contributed by atoms with Gasteiger partial charge in [-0.1, -0.05) is 26.7 Å². The monoisotopic (exact) mass is 254 g/mol. The van der Waals surface area contributed by atoms with Crippen molar-refractivity contribution in [1.82, 2.24) is 10.2 Å². The van der Waals surface area contributed by atoms with Gasteiger partial charge in [0.15, 0.2) is 0 Å². The maximum Gasteiger partial charge on any atom is 0.00387 e. The van der Waals surface area contributed by atoms with Crippen LogP contribution in [-0.2, 0) is 0 Å². The predicted octanol–water partition coefficient (Wildman–Crippen LogP) is 3.67. The Labute approximate surface area is 115 Å². The number of unbranched alkanes of at least 4 members (excludes halogenated alkanes) is 1. The van der Waals surface area contributed by atoms with E-state index in [0.29, 0.717) is 6.04 Å². The van der Waals surface area contributed by atoms with Gasteiger partial charge in [0.05, 0.1) is 0 Å². The van der Waals surface area contributed by atoms with Gasteiger partial charge in [-0.15, -0.1) is 0 Å². The average molecular weight is 254 g/mol. The van der Waals surface area contributed by atoms with Crippen LogP contribution >= 0.6 is 0 Å². The highest BCUT2D eigenvalue weighted by Crippen LogP contribution is 2.20. The summed E-state index contributed by atoms with van der Waals surface area (Å²) in [5.41, 5.74) is 0. The summed E-state index contributed by atoms with van der Waals surface area (Å²) < 4.78 is 0. The van der Waals surface area contributed by atoms with Crippen molar-refractivity contribution in [2.45, 2.75) is 71.8 Å². The van der Waals surface area contributed by atoms with E-state index >= 15 is 0 Å². The molecule has 1 unspecified atom stereocenters. The second kappa shape index (κ2) is 9.80. The van der Waals surface area contributed by atoms with Crippen LogP contribution in [0, 0.1) is 5.92 Å². The van der Waals surface area contributed by atoms with Gasteiger partial charge < -0.3 is 10.2 Å². The summed E-state index contributed by atoms with van der Waals surface area (Å²) in [7, 11) is 0. The molecule has 2 heteroatoms. The fourth-order valence-electron chi connectivity index (χ4n) is 2.90. The van der Waals surface area contributed by atoms with Crippen molar-refractivity contribution in [3.8, 4) is 0 Å². The lowest BCUT2D eigenvalue weighted by atomic mass is 9.94. The van der Waals surface area contributed by atoms with E-state index in [1.54, 1.807) is 0 Å². The lowest BCUT2D eigenvalue weighted by Crippen LogP contribution is -2.34. The Kier molecular flexibility index (Phi) is 8.70. The van der Waals surface area contributed by atoms with Crippen LogP contribution in [0.1, 0.15) is 65.7 Å². The molecule has 0 amide bonds. The summed E-state index contributed by atoms with van der Waals surface area (Å²) in [6.07, 6.45) is 9.60. The molecule has 1 saturated heterocycles. The van der Waals surface area contributed by atoms with Crippen molar-refractivity contribution in [2.75, 3.05) is 26.2 Å². The number of piperidine rings is 1. The van der Waals surface area contributed by atoms with Crippen molar-refractivity contribution in [3.63, 3.8) is 0 Å². The quantitative estimate of drug-likeness (QED) is 0.632. The van der Waals surface area contributed by atoms with Gasteiger partial charge in [0.1, 0.15) is 0 Å². The van der Waals surface area contributed by atoms with Crippen LogP contribution in [-0.4, -0.2) is 37.1 Å². The minimum absolute atomic E-state index is 0.704. The molecule has 1 heterocycles. The average Bonchev–Trinajstić information content (AvgIpc) is 2.42. The Morgan fingerprint density at radius 2 is 1.89 bits per heavy atom. The minimum atomic E-state index is 0.704. The highest BCUT2D eigenvalue weighted by Gasteiger charge is 2.16. The van der Waals surface area contributed by atoms with Crippen LogP contribution in [0.3, 0.4) is 0 Å². The molecule has 0 radical (unpaired) electrons. The summed E-state index contributed by atoms with van der Waals surface area (Å²) in [5, 5.41) is 3.57. The largest absolute Gasteiger partial charge is 0.314 e. The van der Waals surface area contributed by atoms with Gasteiger partial charge in [-0.2, -0.15) is 0 Å². The normalized spacial score (nSPS) is 20.2. The molecule has 2 nitrogen and oxygen atoms in total. The second-order valence-corrected chi connectivity index (χ2v) is 6.04. The lowest BCUT2D eigenvalue weighted by Gasteiger charge is -2.31. The number of nitrogens with one attached hydrogen (secondary N) is 1. The van der Waals surface area contributed by atoms with E-state index < -0.39 is 0 Å². The molecule has 0 bridgehead atoms. The van der Waals surface area contributed by atoms with Crippen LogP contribution in [0.5, 0.6) is 0 Å². The van der Waals surface area contributed by atoms with Gasteiger partial charge in [0, 0.05) is 6.04 Å². The van der Waals surface area contributed by atoms with Crippen molar-refractivity contribution in [1.29, 1.82) is 0 Å². The van der Waals surface area contributed by atoms with Gasteiger partial charge in [0.25, 0.3) is 0 Å². The molecule has 1 aliphatic heterocycles. The molecule has 1 fully saturated rings. The molecule has 0 spiro atoms. The Balaban J connectivity index is 1.95. The summed E-state index contributed by atoms with van der Waals surface area (Å²) >= 11 is 0. The molecular formula is C16H34N2. The highest BCUT2D eigenvalue weighted by atomic mass is 15.1. The van der Waals surface area contributed by atoms with E-state index in [4.69, 9.17) is 0 Å². The Morgan fingerprint density at radius 1 is 1.17 bits per heavy atom. The number of likely N-dealkylation sites (tertiary alicyclic amines) is 1. The minimum Gasteiger partial charge on any atom is -0.314 e. The molecule has 1 atom stereocenters. The Morgan fingerprint density at radius 3 is 2.50 bits per heavy atom. The summed E-state index contributed by atoms with van der Waals surface area (Å²) in [4.78, 5) is 2.68. The molecular weight excluding hydrogens is 220 g/mol. The first-order valence-electron chi connectivity index (χ1n) is 8.22. The SMILES string of the molecule is CCCNC(C)CCCCN1CCC(CC)CC1. The molecule has 0 aromatic heterocycles. The van der Waals surface area contributed by atoms with Crippen LogP contribution in [0.25, 0.3) is 0 Å². The third-order valence-electron chi connectivity index (χ3n) is 4.39. The zero-order chi connectivity index (χ0) is 13.2. The smallest absolute Gasteiger partial charge is 0.00387 e. The number of hydrogen-bond acceptors (Lipinski definition) is 2. The Bertz CT molecular complexity index is 186. The molecule has 0 aromatic rings. The van der Waals surface area contributed by atoms with Crippen LogP contribution < -0.4 is 5.32 Å². The van der Waals surface area contributed by atoms with Gasteiger partial charge in [-0.05, 0) is 71.1 Å². The molecule has 1 aliphatic rings. The zero-order valence-corrected chi connectivity index (χ0v) is 12.9. The van der Waals surface area contributed by atoms with E-state index in [1.165, 1.54) is 71.1 Å². The molecule has 1 rings (SSSR count). The first-order valence-corrected chi connectivity index (χ1v) is 8.22. The van der Waals surface area contributed by atoms with Crippen molar-refractivity contribution >= 4 is 0 Å². The number of hydrogen-bond donors (Lipinski definition) is 1. The molecule has 0 saturated carbocycles. The summed E-state index contributed by atoms with van der Waals surface area (Å²) in [5.74, 6) is 1.01. The molecule has 0 aromatic carbocycles. The first kappa shape index (κ1) is 16.0. The van der Waals surface area contributed by atoms with Crippen molar-refractivity contribution < 1.29 is 0 Å². The fourth-order valence-corrected chi connectivity index (χ4v) is 2.90. The molecule has 0 aliphatic carbocycles. The van der Waals surface area contributed by atoms with E-state index in [-0.39, 0.29) is 0 Å². The molecule has 1 N–H and O–H groups in total. The van der Waals surface area contributed by atoms with Crippen LogP contribution in [0.4, 0.5) is 0 Å². The first-order chi connectivity index (χ1) is 8.76.